The lowest BCUT2D eigenvalue weighted by atomic mass is 10.2. The van der Waals surface area contributed by atoms with E-state index < -0.39 is 31.3 Å². The molecule has 0 radical (unpaired) electrons. The smallest absolute Gasteiger partial charge is 0.401 e. The molecule has 1 unspecified atom stereocenters. The Kier molecular flexibility index (Phi) is 4.96. The van der Waals surface area contributed by atoms with Gasteiger partial charge in [-0.25, -0.2) is 4.79 Å². The molecule has 0 aliphatic rings. The van der Waals surface area contributed by atoms with Crippen LogP contribution in [0.3, 0.4) is 0 Å². The molecule has 2 N–H and O–H groups in total. The average molecular weight is 281 g/mol. The predicted molar refractivity (Wildman–Crippen MR) is 58.8 cm³/mol. The molecule has 1 rings (SSSR count). The van der Waals surface area contributed by atoms with Crippen LogP contribution in [0, 0.1) is 0 Å². The molecule has 0 aliphatic heterocycles. The van der Waals surface area contributed by atoms with Crippen molar-refractivity contribution in [1.82, 2.24) is 4.90 Å². The van der Waals surface area contributed by atoms with E-state index in [2.05, 4.69) is 0 Å². The summed E-state index contributed by atoms with van der Waals surface area (Å²) in [7, 11) is 0. The van der Waals surface area contributed by atoms with Gasteiger partial charge in [-0.2, -0.15) is 13.2 Å². The Morgan fingerprint density at radius 3 is 2.53 bits per heavy atom. The minimum Gasteiger partial charge on any atom is -0.475 e. The number of halogens is 3. The average Bonchev–Trinajstić information content (AvgIpc) is 2.75. The first-order chi connectivity index (χ1) is 8.74. The van der Waals surface area contributed by atoms with Crippen LogP contribution in [0.4, 0.5) is 13.2 Å². The molecule has 8 heteroatoms. The van der Waals surface area contributed by atoms with Crippen molar-refractivity contribution in [3.63, 3.8) is 0 Å². The normalized spacial score (nSPS) is 13.8. The van der Waals surface area contributed by atoms with E-state index in [1.807, 2.05) is 0 Å². The minimum absolute atomic E-state index is 0.107. The van der Waals surface area contributed by atoms with Gasteiger partial charge in [0, 0.05) is 6.54 Å². The Hall–Kier alpha value is -1.54. The third kappa shape index (κ3) is 4.56. The lowest BCUT2D eigenvalue weighted by Crippen LogP contribution is -2.37. The fraction of sp³-hybridized carbons (Fsp3) is 0.545. The maximum Gasteiger partial charge on any atom is 0.401 e. The van der Waals surface area contributed by atoms with Gasteiger partial charge in [-0.05, 0) is 19.1 Å². The van der Waals surface area contributed by atoms with E-state index in [9.17, 15) is 18.0 Å². The van der Waals surface area contributed by atoms with E-state index in [0.717, 1.165) is 4.90 Å². The standard InChI is InChI=1S/C11H14F3NO4/c1-7(8-2-3-9(19-8)10(17)18)15(4-5-16)6-11(12,13)14/h2-3,7,16H,4-6H2,1H3,(H,17,18). The van der Waals surface area contributed by atoms with Crippen molar-refractivity contribution >= 4 is 5.97 Å². The molecule has 0 saturated heterocycles. The Morgan fingerprint density at radius 2 is 2.11 bits per heavy atom. The monoisotopic (exact) mass is 281 g/mol. The second kappa shape index (κ2) is 6.07. The molecule has 0 saturated carbocycles. The van der Waals surface area contributed by atoms with Gasteiger partial charge in [0.05, 0.1) is 19.2 Å². The molecule has 0 aliphatic carbocycles. The maximum absolute atomic E-state index is 12.4. The summed E-state index contributed by atoms with van der Waals surface area (Å²) in [6.07, 6.45) is -4.41. The first-order valence-electron chi connectivity index (χ1n) is 5.49. The summed E-state index contributed by atoms with van der Waals surface area (Å²) in [5.41, 5.74) is 0. The highest BCUT2D eigenvalue weighted by Crippen LogP contribution is 2.26. The molecular formula is C11H14F3NO4. The number of aliphatic hydroxyl groups excluding tert-OH is 1. The van der Waals surface area contributed by atoms with Gasteiger partial charge in [0.2, 0.25) is 5.76 Å². The number of aromatic carboxylic acids is 1. The van der Waals surface area contributed by atoms with Crippen molar-refractivity contribution in [2.24, 2.45) is 0 Å². The van der Waals surface area contributed by atoms with Crippen LogP contribution in [-0.4, -0.2) is 47.0 Å². The van der Waals surface area contributed by atoms with Crippen molar-refractivity contribution in [2.45, 2.75) is 19.1 Å². The fourth-order valence-electron chi connectivity index (χ4n) is 1.64. The van der Waals surface area contributed by atoms with Crippen molar-refractivity contribution < 1.29 is 32.6 Å². The first kappa shape index (κ1) is 15.5. The van der Waals surface area contributed by atoms with Crippen LogP contribution in [-0.2, 0) is 0 Å². The van der Waals surface area contributed by atoms with Crippen LogP contribution >= 0.6 is 0 Å². The number of carbonyl (C=O) groups is 1. The minimum atomic E-state index is -4.41. The molecule has 19 heavy (non-hydrogen) atoms. The molecule has 1 atom stereocenters. The Morgan fingerprint density at radius 1 is 1.47 bits per heavy atom. The van der Waals surface area contributed by atoms with Crippen molar-refractivity contribution in [3.8, 4) is 0 Å². The van der Waals surface area contributed by atoms with Gasteiger partial charge < -0.3 is 14.6 Å². The second-order valence-electron chi connectivity index (χ2n) is 3.99. The van der Waals surface area contributed by atoms with E-state index in [4.69, 9.17) is 14.6 Å². The number of hydrogen-bond donors (Lipinski definition) is 2. The molecule has 0 fully saturated rings. The number of carboxylic acid groups (broad SMARTS) is 1. The summed E-state index contributed by atoms with van der Waals surface area (Å²) in [5.74, 6) is -1.52. The molecule has 1 aromatic heterocycles. The number of hydrogen-bond acceptors (Lipinski definition) is 4. The van der Waals surface area contributed by atoms with Gasteiger partial charge in [0.15, 0.2) is 0 Å². The molecule has 1 heterocycles. The van der Waals surface area contributed by atoms with Crippen molar-refractivity contribution in [3.05, 3.63) is 23.7 Å². The maximum atomic E-state index is 12.4. The lowest BCUT2D eigenvalue weighted by Gasteiger charge is -2.27. The van der Waals surface area contributed by atoms with Gasteiger partial charge in [-0.3, -0.25) is 4.90 Å². The van der Waals surface area contributed by atoms with Crippen LogP contribution in [0.5, 0.6) is 0 Å². The molecule has 0 amide bonds. The zero-order valence-electron chi connectivity index (χ0n) is 10.1. The van der Waals surface area contributed by atoms with E-state index in [0.29, 0.717) is 0 Å². The topological polar surface area (TPSA) is 73.9 Å². The molecule has 0 spiro atoms. The highest BCUT2D eigenvalue weighted by atomic mass is 19.4. The quantitative estimate of drug-likeness (QED) is 0.833. The SMILES string of the molecule is CC(c1ccc(C(=O)O)o1)N(CCO)CC(F)(F)F. The first-order valence-corrected chi connectivity index (χ1v) is 5.49. The van der Waals surface area contributed by atoms with Crippen molar-refractivity contribution in [1.29, 1.82) is 0 Å². The van der Waals surface area contributed by atoms with Crippen LogP contribution < -0.4 is 0 Å². The zero-order valence-corrected chi connectivity index (χ0v) is 10.1. The fourth-order valence-corrected chi connectivity index (χ4v) is 1.64. The van der Waals surface area contributed by atoms with Gasteiger partial charge in [-0.15, -0.1) is 0 Å². The van der Waals surface area contributed by atoms with Gasteiger partial charge >= 0.3 is 12.1 Å². The number of rotatable bonds is 6. The van der Waals surface area contributed by atoms with E-state index in [-0.39, 0.29) is 18.1 Å². The molecule has 0 bridgehead atoms. The largest absolute Gasteiger partial charge is 0.475 e. The van der Waals surface area contributed by atoms with Gasteiger partial charge in [0.1, 0.15) is 5.76 Å². The lowest BCUT2D eigenvalue weighted by molar-refractivity contribution is -0.152. The molecule has 5 nitrogen and oxygen atoms in total. The van der Waals surface area contributed by atoms with Crippen molar-refractivity contribution in [2.75, 3.05) is 19.7 Å². The van der Waals surface area contributed by atoms with E-state index in [1.165, 1.54) is 19.1 Å². The number of aliphatic hydroxyl groups is 1. The van der Waals surface area contributed by atoms with Gasteiger partial charge in [0.25, 0.3) is 0 Å². The molecular weight excluding hydrogens is 267 g/mol. The number of furan rings is 1. The summed E-state index contributed by atoms with van der Waals surface area (Å²) in [4.78, 5) is 11.6. The molecule has 1 aromatic rings. The summed E-state index contributed by atoms with van der Waals surface area (Å²) in [5, 5.41) is 17.5. The zero-order chi connectivity index (χ0) is 14.6. The Labute approximate surface area is 107 Å². The molecule has 108 valence electrons. The number of alkyl halides is 3. The molecule has 0 aromatic carbocycles. The Balaban J connectivity index is 2.85. The third-order valence-electron chi connectivity index (χ3n) is 2.57. The predicted octanol–water partition coefficient (Wildman–Crippen LogP) is 1.90. The van der Waals surface area contributed by atoms with Gasteiger partial charge in [-0.1, -0.05) is 0 Å². The highest BCUT2D eigenvalue weighted by Gasteiger charge is 2.33. The van der Waals surface area contributed by atoms with Crippen LogP contribution in [0.25, 0.3) is 0 Å². The van der Waals surface area contributed by atoms with Crippen LogP contribution in [0.15, 0.2) is 16.5 Å². The summed E-state index contributed by atoms with van der Waals surface area (Å²) < 4.78 is 42.1. The third-order valence-corrected chi connectivity index (χ3v) is 2.57. The number of carboxylic acids is 1. The van der Waals surface area contributed by atoms with Crippen LogP contribution in [0.2, 0.25) is 0 Å². The Bertz CT molecular complexity index is 430. The highest BCUT2D eigenvalue weighted by molar-refractivity contribution is 5.84. The van der Waals surface area contributed by atoms with E-state index in [1.54, 1.807) is 0 Å². The van der Waals surface area contributed by atoms with E-state index >= 15 is 0 Å². The van der Waals surface area contributed by atoms with Crippen LogP contribution in [0.1, 0.15) is 29.3 Å². The summed E-state index contributed by atoms with van der Waals surface area (Å²) >= 11 is 0. The second-order valence-corrected chi connectivity index (χ2v) is 3.99. The summed E-state index contributed by atoms with van der Waals surface area (Å²) in [6.45, 7) is -0.388. The summed E-state index contributed by atoms with van der Waals surface area (Å²) in [6, 6.07) is 1.70. The number of nitrogens with zero attached hydrogens (tertiary/aromatic N) is 1.